The number of ether oxygens (including phenoxy) is 1. The van der Waals surface area contributed by atoms with Gasteiger partial charge in [0.05, 0.1) is 37.1 Å². The zero-order chi connectivity index (χ0) is 35.4. The summed E-state index contributed by atoms with van der Waals surface area (Å²) in [6, 6.07) is 22.2. The summed E-state index contributed by atoms with van der Waals surface area (Å²) in [6.07, 6.45) is 2.69. The van der Waals surface area contributed by atoms with Gasteiger partial charge in [-0.3, -0.25) is 9.48 Å². The van der Waals surface area contributed by atoms with Crippen LogP contribution in [0.2, 0.25) is 0 Å². The summed E-state index contributed by atoms with van der Waals surface area (Å²) in [6.45, 7) is 1.83. The molecule has 0 radical (unpaired) electrons. The van der Waals surface area contributed by atoms with Gasteiger partial charge in [0.25, 0.3) is 5.12 Å². The van der Waals surface area contributed by atoms with Crippen molar-refractivity contribution in [1.29, 1.82) is 0 Å². The highest BCUT2D eigenvalue weighted by Crippen LogP contribution is 2.27. The second-order valence-corrected chi connectivity index (χ2v) is 12.4. The molecule has 0 aliphatic carbocycles. The van der Waals surface area contributed by atoms with E-state index in [2.05, 4.69) is 25.7 Å². The number of hydrogen-bond donors (Lipinski definition) is 4. The molecule has 0 atom stereocenters. The molecule has 0 bridgehead atoms. The summed E-state index contributed by atoms with van der Waals surface area (Å²) in [5.41, 5.74) is 2.85. The van der Waals surface area contributed by atoms with E-state index in [-0.39, 0.29) is 35.2 Å². The lowest BCUT2D eigenvalue weighted by Crippen LogP contribution is -2.33. The van der Waals surface area contributed by atoms with Gasteiger partial charge in [0.1, 0.15) is 11.5 Å². The molecule has 4 aromatic carbocycles. The minimum Gasteiger partial charge on any atom is -0.508 e. The fourth-order valence-corrected chi connectivity index (χ4v) is 5.73. The summed E-state index contributed by atoms with van der Waals surface area (Å²) in [4.78, 5) is 39.8. The lowest BCUT2D eigenvalue weighted by Gasteiger charge is -2.12. The van der Waals surface area contributed by atoms with Gasteiger partial charge >= 0.3 is 16.0 Å². The Labute approximate surface area is 284 Å². The monoisotopic (exact) mass is 697 g/mol. The number of aromatic hydroxyl groups is 1. The first-order valence-electron chi connectivity index (χ1n) is 14.8. The fourth-order valence-electron chi connectivity index (χ4n) is 4.95. The van der Waals surface area contributed by atoms with Gasteiger partial charge in [-0.15, -0.1) is 0 Å². The first-order valence-corrected chi connectivity index (χ1v) is 16.3. The number of aromatic nitrogens is 4. The van der Waals surface area contributed by atoms with E-state index in [9.17, 15) is 27.5 Å². The highest BCUT2D eigenvalue weighted by Gasteiger charge is 2.27. The van der Waals surface area contributed by atoms with Crippen LogP contribution in [0.25, 0.3) is 10.9 Å². The van der Waals surface area contributed by atoms with Crippen LogP contribution in [0, 0.1) is 12.7 Å². The molecule has 0 unspecified atom stereocenters. The van der Waals surface area contributed by atoms with E-state index in [0.29, 0.717) is 28.3 Å². The molecule has 4 N–H and O–H groups in total. The molecule has 0 fully saturated rings. The lowest BCUT2D eigenvalue weighted by molar-refractivity contribution is 0.0407. The van der Waals surface area contributed by atoms with Crippen LogP contribution in [0.3, 0.4) is 0 Å². The molecule has 254 valence electrons. The molecule has 2 heterocycles. The maximum Gasteiger partial charge on any atom is 0.357 e. The Morgan fingerprint density at radius 1 is 0.940 bits per heavy atom. The molecule has 0 amide bonds. The number of nitrogens with zero attached hydrogens (tertiary/aromatic N) is 4. The normalized spacial score (nSPS) is 11.3. The number of anilines is 4. The quantitative estimate of drug-likeness (QED) is 0.127. The Morgan fingerprint density at radius 3 is 2.52 bits per heavy atom. The first kappa shape index (κ1) is 33.5. The van der Waals surface area contributed by atoms with Crippen molar-refractivity contribution in [2.75, 3.05) is 17.7 Å². The summed E-state index contributed by atoms with van der Waals surface area (Å²) in [5, 5.41) is 19.6. The number of hydrogen-bond acceptors (Lipinski definition) is 12. The van der Waals surface area contributed by atoms with Gasteiger partial charge in [0.15, 0.2) is 11.6 Å². The maximum absolute atomic E-state index is 14.4. The van der Waals surface area contributed by atoms with Crippen molar-refractivity contribution in [2.45, 2.75) is 13.5 Å². The average Bonchev–Trinajstić information content (AvgIpc) is 3.50. The molecule has 0 spiro atoms. The number of nitrogens with one attached hydrogen (secondary N) is 3. The van der Waals surface area contributed by atoms with Crippen molar-refractivity contribution in [3.63, 3.8) is 0 Å². The topological polar surface area (TPSA) is 187 Å². The van der Waals surface area contributed by atoms with E-state index in [0.717, 1.165) is 17.1 Å². The van der Waals surface area contributed by atoms with Gasteiger partial charge < -0.3 is 25.3 Å². The second kappa shape index (κ2) is 14.0. The van der Waals surface area contributed by atoms with Crippen LogP contribution in [0.1, 0.15) is 31.8 Å². The van der Waals surface area contributed by atoms with Gasteiger partial charge in [-0.1, -0.05) is 30.3 Å². The van der Waals surface area contributed by atoms with E-state index in [4.69, 9.17) is 9.57 Å². The Balaban J connectivity index is 1.13. The Bertz CT molecular complexity index is 2370. The van der Waals surface area contributed by atoms with Crippen LogP contribution in [0.15, 0.2) is 97.3 Å². The summed E-state index contributed by atoms with van der Waals surface area (Å²) < 4.78 is 46.6. The standard InChI is InChI=1S/C34H28FN7O7S/c1-20-6-3-4-9-27(20)33(45)50(46,47)41-49-32(44)21-10-11-22(30(15-21)48-2)19-42-29-13-12-25(14-23(29)17-37-42)39-34-36-18-28(35)31(40-34)38-24-7-5-8-26(43)16-24/h3-18,41,43H,19H2,1-2H3,(H2,36,38,39,40). The van der Waals surface area contributed by atoms with E-state index in [1.807, 2.05) is 12.1 Å². The summed E-state index contributed by atoms with van der Waals surface area (Å²) in [7, 11) is -3.25. The molecule has 6 aromatic rings. The molecule has 0 saturated heterocycles. The van der Waals surface area contributed by atoms with Gasteiger partial charge in [0.2, 0.25) is 5.95 Å². The maximum atomic E-state index is 14.4. The fraction of sp³-hybridized carbons (Fsp3) is 0.0882. The molecule has 14 nitrogen and oxygen atoms in total. The van der Waals surface area contributed by atoms with Gasteiger partial charge in [-0.25, -0.2) is 22.6 Å². The number of carbonyl (C=O) groups is 2. The van der Waals surface area contributed by atoms with Gasteiger partial charge in [-0.2, -0.15) is 10.1 Å². The summed E-state index contributed by atoms with van der Waals surface area (Å²) >= 11 is 0. The predicted octanol–water partition coefficient (Wildman–Crippen LogP) is 5.36. The van der Waals surface area contributed by atoms with Crippen molar-refractivity contribution >= 4 is 55.2 Å². The van der Waals surface area contributed by atoms with Crippen LogP contribution in [-0.2, 0) is 21.4 Å². The molecule has 0 aliphatic heterocycles. The smallest absolute Gasteiger partial charge is 0.357 e. The molecular formula is C34H28FN7O7S. The third-order valence-electron chi connectivity index (χ3n) is 7.45. The minimum atomic E-state index is -4.67. The van der Waals surface area contributed by atoms with Crippen LogP contribution >= 0.6 is 0 Å². The number of aryl methyl sites for hydroxylation is 1. The number of sulfonamides is 1. The van der Waals surface area contributed by atoms with Crippen LogP contribution in [-0.4, -0.2) is 51.5 Å². The number of halogens is 1. The SMILES string of the molecule is COc1cc(C(=O)ONS(=O)(=O)C(=O)c2ccccc2C)ccc1Cn1ncc2cc(Nc3ncc(F)c(Nc4cccc(O)c4)n3)ccc21. The number of benzene rings is 4. The van der Waals surface area contributed by atoms with E-state index in [1.165, 1.54) is 43.5 Å². The number of methoxy groups -OCH3 is 1. The van der Waals surface area contributed by atoms with Crippen molar-refractivity contribution in [3.8, 4) is 11.5 Å². The molecule has 0 saturated carbocycles. The summed E-state index contributed by atoms with van der Waals surface area (Å²) in [5.74, 6) is -1.34. The Hall–Kier alpha value is -6.39. The first-order chi connectivity index (χ1) is 24.0. The molecule has 6 rings (SSSR count). The third-order valence-corrected chi connectivity index (χ3v) is 8.46. The van der Waals surface area contributed by atoms with Crippen LogP contribution < -0.4 is 20.3 Å². The zero-order valence-corrected chi connectivity index (χ0v) is 27.2. The molecule has 0 aliphatic rings. The largest absolute Gasteiger partial charge is 0.508 e. The second-order valence-electron chi connectivity index (χ2n) is 10.9. The van der Waals surface area contributed by atoms with Crippen molar-refractivity contribution in [1.82, 2.24) is 24.6 Å². The van der Waals surface area contributed by atoms with Crippen molar-refractivity contribution < 1.29 is 37.1 Å². The molecule has 2 aromatic heterocycles. The van der Waals surface area contributed by atoms with E-state index >= 15 is 0 Å². The highest BCUT2D eigenvalue weighted by atomic mass is 32.2. The number of rotatable bonds is 11. The number of fused-ring (bicyclic) bond motifs is 1. The van der Waals surface area contributed by atoms with Crippen LogP contribution in [0.4, 0.5) is 27.5 Å². The van der Waals surface area contributed by atoms with Gasteiger partial charge in [0, 0.05) is 34.0 Å². The molecule has 16 heteroatoms. The van der Waals surface area contributed by atoms with Crippen LogP contribution in [0.5, 0.6) is 11.5 Å². The average molecular weight is 698 g/mol. The Morgan fingerprint density at radius 2 is 1.74 bits per heavy atom. The van der Waals surface area contributed by atoms with Gasteiger partial charge in [-0.05, 0) is 65.9 Å². The van der Waals surface area contributed by atoms with Crippen molar-refractivity contribution in [3.05, 3.63) is 125 Å². The van der Waals surface area contributed by atoms with E-state index < -0.39 is 26.9 Å². The zero-order valence-electron chi connectivity index (χ0n) is 26.4. The Kier molecular flexibility index (Phi) is 9.38. The molecular weight excluding hydrogens is 669 g/mol. The van der Waals surface area contributed by atoms with Crippen molar-refractivity contribution in [2.24, 2.45) is 0 Å². The highest BCUT2D eigenvalue weighted by molar-refractivity contribution is 8.04. The number of phenols is 1. The predicted molar refractivity (Wildman–Crippen MR) is 181 cm³/mol. The number of phenolic OH excluding ortho intramolecular Hbond substituents is 1. The number of carbonyl (C=O) groups excluding carboxylic acids is 2. The third kappa shape index (κ3) is 7.35. The lowest BCUT2D eigenvalue weighted by atomic mass is 10.1. The molecule has 50 heavy (non-hydrogen) atoms. The minimum absolute atomic E-state index is 0.0179. The van der Waals surface area contributed by atoms with E-state index in [1.54, 1.807) is 59.1 Å².